The number of carbonyl (C=O) groups excluding carboxylic acids is 1. The highest BCUT2D eigenvalue weighted by Gasteiger charge is 2.20. The molecule has 1 aromatic rings. The van der Waals surface area contributed by atoms with E-state index in [0.29, 0.717) is 6.54 Å². The lowest BCUT2D eigenvalue weighted by molar-refractivity contribution is -0.119. The number of hydrogen-bond acceptors (Lipinski definition) is 2. The summed E-state index contributed by atoms with van der Waals surface area (Å²) >= 11 is 0. The lowest BCUT2D eigenvalue weighted by Crippen LogP contribution is -2.37. The van der Waals surface area contributed by atoms with Crippen LogP contribution < -0.4 is 4.90 Å². The summed E-state index contributed by atoms with van der Waals surface area (Å²) < 4.78 is 0. The van der Waals surface area contributed by atoms with Crippen molar-refractivity contribution in [3.8, 4) is 0 Å². The van der Waals surface area contributed by atoms with E-state index in [0.717, 1.165) is 29.9 Å². The SMILES string of the molecule is Cc1cccc(C)c1N(C)C(=O)CN1CCCC1.Cl. The molecular weight excluding hydrogens is 260 g/mol. The molecule has 19 heavy (non-hydrogen) atoms. The summed E-state index contributed by atoms with van der Waals surface area (Å²) in [5.41, 5.74) is 3.38. The molecule has 0 radical (unpaired) electrons. The molecule has 1 saturated heterocycles. The van der Waals surface area contributed by atoms with Crippen molar-refractivity contribution in [1.82, 2.24) is 4.90 Å². The molecule has 1 heterocycles. The monoisotopic (exact) mass is 282 g/mol. The van der Waals surface area contributed by atoms with Crippen LogP contribution in [-0.4, -0.2) is 37.5 Å². The number of rotatable bonds is 3. The molecule has 0 saturated carbocycles. The predicted molar refractivity (Wildman–Crippen MR) is 82.2 cm³/mol. The van der Waals surface area contributed by atoms with Crippen LogP contribution in [0.25, 0.3) is 0 Å². The quantitative estimate of drug-likeness (QED) is 0.851. The molecule has 1 aromatic carbocycles. The average molecular weight is 283 g/mol. The molecule has 2 rings (SSSR count). The molecule has 0 unspecified atom stereocenters. The van der Waals surface area contributed by atoms with E-state index in [2.05, 4.69) is 30.9 Å². The first-order valence-corrected chi connectivity index (χ1v) is 6.64. The third kappa shape index (κ3) is 3.71. The molecule has 3 nitrogen and oxygen atoms in total. The lowest BCUT2D eigenvalue weighted by atomic mass is 10.1. The summed E-state index contributed by atoms with van der Waals surface area (Å²) in [6.07, 6.45) is 2.45. The molecule has 1 aliphatic heterocycles. The van der Waals surface area contributed by atoms with E-state index >= 15 is 0 Å². The van der Waals surface area contributed by atoms with E-state index in [1.165, 1.54) is 12.8 Å². The second kappa shape index (κ2) is 6.92. The van der Waals surface area contributed by atoms with E-state index in [9.17, 15) is 4.79 Å². The number of aryl methyl sites for hydroxylation is 2. The summed E-state index contributed by atoms with van der Waals surface area (Å²) in [5, 5.41) is 0. The van der Waals surface area contributed by atoms with Gasteiger partial charge in [0.25, 0.3) is 0 Å². The van der Waals surface area contributed by atoms with Crippen molar-refractivity contribution in [1.29, 1.82) is 0 Å². The van der Waals surface area contributed by atoms with Gasteiger partial charge in [-0.3, -0.25) is 9.69 Å². The summed E-state index contributed by atoms with van der Waals surface area (Å²) in [4.78, 5) is 16.3. The Kier molecular flexibility index (Phi) is 5.83. The number of anilines is 1. The van der Waals surface area contributed by atoms with Crippen LogP contribution >= 0.6 is 12.4 Å². The van der Waals surface area contributed by atoms with Crippen molar-refractivity contribution in [2.24, 2.45) is 0 Å². The van der Waals surface area contributed by atoms with Crippen molar-refractivity contribution in [3.05, 3.63) is 29.3 Å². The van der Waals surface area contributed by atoms with Crippen LogP contribution in [0.2, 0.25) is 0 Å². The Bertz CT molecular complexity index is 422. The van der Waals surface area contributed by atoms with Crippen molar-refractivity contribution in [2.45, 2.75) is 26.7 Å². The largest absolute Gasteiger partial charge is 0.314 e. The first kappa shape index (κ1) is 16.0. The van der Waals surface area contributed by atoms with E-state index in [4.69, 9.17) is 0 Å². The predicted octanol–water partition coefficient (Wildman–Crippen LogP) is 2.78. The molecule has 1 amide bonds. The van der Waals surface area contributed by atoms with E-state index in [-0.39, 0.29) is 18.3 Å². The minimum atomic E-state index is 0. The van der Waals surface area contributed by atoms with E-state index in [1.807, 2.05) is 18.0 Å². The number of para-hydroxylation sites is 1. The summed E-state index contributed by atoms with van der Waals surface area (Å²) in [6, 6.07) is 6.15. The van der Waals surface area contributed by atoms with Crippen molar-refractivity contribution < 1.29 is 4.79 Å². The highest BCUT2D eigenvalue weighted by atomic mass is 35.5. The average Bonchev–Trinajstić information content (AvgIpc) is 2.81. The number of benzene rings is 1. The fourth-order valence-electron chi connectivity index (χ4n) is 2.70. The van der Waals surface area contributed by atoms with Crippen LogP contribution in [0.15, 0.2) is 18.2 Å². The van der Waals surface area contributed by atoms with Gasteiger partial charge in [-0.25, -0.2) is 0 Å². The van der Waals surface area contributed by atoms with Crippen LogP contribution in [-0.2, 0) is 4.79 Å². The number of likely N-dealkylation sites (N-methyl/N-ethyl adjacent to an activating group) is 1. The number of halogens is 1. The maximum absolute atomic E-state index is 12.3. The highest BCUT2D eigenvalue weighted by molar-refractivity contribution is 5.95. The number of amides is 1. The van der Waals surface area contributed by atoms with Gasteiger partial charge in [0.2, 0.25) is 5.91 Å². The van der Waals surface area contributed by atoms with Gasteiger partial charge < -0.3 is 4.90 Å². The van der Waals surface area contributed by atoms with E-state index < -0.39 is 0 Å². The molecule has 106 valence electrons. The van der Waals surface area contributed by atoms with E-state index in [1.54, 1.807) is 0 Å². The van der Waals surface area contributed by atoms with Gasteiger partial charge in [-0.15, -0.1) is 12.4 Å². The first-order valence-electron chi connectivity index (χ1n) is 6.64. The molecule has 0 aromatic heterocycles. The van der Waals surface area contributed by atoms with Crippen LogP contribution in [0.4, 0.5) is 5.69 Å². The Morgan fingerprint density at radius 2 is 1.74 bits per heavy atom. The maximum Gasteiger partial charge on any atom is 0.240 e. The van der Waals surface area contributed by atoms with Crippen LogP contribution in [0.1, 0.15) is 24.0 Å². The van der Waals surface area contributed by atoms with Gasteiger partial charge in [0.1, 0.15) is 0 Å². The third-order valence-electron chi connectivity index (χ3n) is 3.71. The zero-order valence-corrected chi connectivity index (χ0v) is 12.8. The Labute approximate surface area is 122 Å². The Hall–Kier alpha value is -1.06. The van der Waals surface area contributed by atoms with Gasteiger partial charge in [-0.2, -0.15) is 0 Å². The van der Waals surface area contributed by atoms with Crippen molar-refractivity contribution in [3.63, 3.8) is 0 Å². The van der Waals surface area contributed by atoms with Gasteiger partial charge in [0, 0.05) is 12.7 Å². The molecule has 0 aliphatic carbocycles. The molecule has 0 atom stereocenters. The minimum Gasteiger partial charge on any atom is -0.314 e. The van der Waals surface area contributed by atoms with Crippen molar-refractivity contribution >= 4 is 24.0 Å². The maximum atomic E-state index is 12.3. The molecule has 0 spiro atoms. The molecule has 1 fully saturated rings. The topological polar surface area (TPSA) is 23.6 Å². The summed E-state index contributed by atoms with van der Waals surface area (Å²) in [5.74, 6) is 0.189. The third-order valence-corrected chi connectivity index (χ3v) is 3.71. The standard InChI is InChI=1S/C15H22N2O.ClH/c1-12-7-6-8-13(2)15(12)16(3)14(18)11-17-9-4-5-10-17;/h6-8H,4-5,9-11H2,1-3H3;1H. The zero-order valence-electron chi connectivity index (χ0n) is 12.0. The molecular formula is C15H23ClN2O. The highest BCUT2D eigenvalue weighted by Crippen LogP contribution is 2.23. The fourth-order valence-corrected chi connectivity index (χ4v) is 2.70. The Morgan fingerprint density at radius 1 is 1.21 bits per heavy atom. The van der Waals surface area contributed by atoms with Gasteiger partial charge >= 0.3 is 0 Å². The summed E-state index contributed by atoms with van der Waals surface area (Å²) in [7, 11) is 1.88. The molecule has 4 heteroatoms. The number of carbonyl (C=O) groups is 1. The second-order valence-electron chi connectivity index (χ2n) is 5.18. The smallest absolute Gasteiger partial charge is 0.240 e. The number of hydrogen-bond donors (Lipinski definition) is 0. The van der Waals surface area contributed by atoms with Crippen LogP contribution in [0, 0.1) is 13.8 Å². The fraction of sp³-hybridized carbons (Fsp3) is 0.533. The number of nitrogens with zero attached hydrogens (tertiary/aromatic N) is 2. The van der Waals surface area contributed by atoms with Crippen LogP contribution in [0.5, 0.6) is 0 Å². The normalized spacial score (nSPS) is 15.1. The molecule has 0 N–H and O–H groups in total. The molecule has 0 bridgehead atoms. The second-order valence-corrected chi connectivity index (χ2v) is 5.18. The van der Waals surface area contributed by atoms with Crippen LogP contribution in [0.3, 0.4) is 0 Å². The minimum absolute atomic E-state index is 0. The van der Waals surface area contributed by atoms with Crippen molar-refractivity contribution in [2.75, 3.05) is 31.6 Å². The van der Waals surface area contributed by atoms with Gasteiger partial charge in [0.15, 0.2) is 0 Å². The summed E-state index contributed by atoms with van der Waals surface area (Å²) in [6.45, 7) is 6.78. The van der Waals surface area contributed by atoms with Gasteiger partial charge in [0.05, 0.1) is 6.54 Å². The Balaban J connectivity index is 0.00000180. The van der Waals surface area contributed by atoms with Gasteiger partial charge in [-0.05, 0) is 50.9 Å². The van der Waals surface area contributed by atoms with Gasteiger partial charge in [-0.1, -0.05) is 18.2 Å². The lowest BCUT2D eigenvalue weighted by Gasteiger charge is -2.24. The Morgan fingerprint density at radius 3 is 2.26 bits per heavy atom. The first-order chi connectivity index (χ1) is 8.59. The number of likely N-dealkylation sites (tertiary alicyclic amines) is 1. The molecule has 1 aliphatic rings. The zero-order chi connectivity index (χ0) is 13.1.